The molecule has 4 aliphatic rings. The van der Waals surface area contributed by atoms with Gasteiger partial charge in [0.15, 0.2) is 0 Å². The number of allylic oxidation sites excluding steroid dienone is 2. The van der Waals surface area contributed by atoms with Crippen LogP contribution in [-0.4, -0.2) is 16.6 Å². The number of alkyl halides is 1. The molecule has 0 unspecified atom stereocenters. The second-order valence-corrected chi connectivity index (χ2v) is 12.4. The predicted molar refractivity (Wildman–Crippen MR) is 123 cm³/mol. The van der Waals surface area contributed by atoms with Crippen molar-refractivity contribution in [3.05, 3.63) is 11.6 Å². The zero-order valence-electron chi connectivity index (χ0n) is 20.0. The second-order valence-electron chi connectivity index (χ2n) is 12.4. The largest absolute Gasteiger partial charge is 0.411 e. The van der Waals surface area contributed by atoms with Gasteiger partial charge in [0.05, 0.1) is 5.71 Å². The minimum Gasteiger partial charge on any atom is -0.411 e. The Balaban J connectivity index is 1.48. The van der Waals surface area contributed by atoms with Crippen molar-refractivity contribution in [2.75, 3.05) is 0 Å². The molecule has 170 valence electrons. The molecule has 2 nitrogen and oxygen atoms in total. The first-order valence-corrected chi connectivity index (χ1v) is 12.7. The quantitative estimate of drug-likeness (QED) is 0.357. The maximum Gasteiger partial charge on any atom is 0.105 e. The summed E-state index contributed by atoms with van der Waals surface area (Å²) in [6.45, 7) is 11.0. The third-order valence-corrected chi connectivity index (χ3v) is 10.3. The van der Waals surface area contributed by atoms with Crippen molar-refractivity contribution in [2.24, 2.45) is 45.6 Å². The second kappa shape index (κ2) is 7.93. The lowest BCUT2D eigenvalue weighted by atomic mass is 9.46. The van der Waals surface area contributed by atoms with Crippen LogP contribution in [0.1, 0.15) is 105 Å². The molecule has 0 aromatic heterocycles. The maximum absolute atomic E-state index is 13.9. The molecule has 0 radical (unpaired) electrons. The van der Waals surface area contributed by atoms with Crippen LogP contribution in [0.25, 0.3) is 0 Å². The van der Waals surface area contributed by atoms with Crippen LogP contribution in [0.2, 0.25) is 0 Å². The van der Waals surface area contributed by atoms with E-state index in [1.165, 1.54) is 44.9 Å². The van der Waals surface area contributed by atoms with Crippen LogP contribution in [0, 0.1) is 40.4 Å². The Morgan fingerprint density at radius 3 is 2.60 bits per heavy atom. The van der Waals surface area contributed by atoms with Crippen LogP contribution in [0.3, 0.4) is 0 Å². The molecule has 30 heavy (non-hydrogen) atoms. The molecule has 4 aliphatic carbocycles. The average Bonchev–Trinajstić information content (AvgIpc) is 3.03. The van der Waals surface area contributed by atoms with Crippen molar-refractivity contribution in [3.8, 4) is 0 Å². The Morgan fingerprint density at radius 1 is 1.13 bits per heavy atom. The van der Waals surface area contributed by atoms with Crippen LogP contribution >= 0.6 is 0 Å². The van der Waals surface area contributed by atoms with Crippen LogP contribution in [-0.2, 0) is 0 Å². The van der Waals surface area contributed by atoms with Crippen LogP contribution < -0.4 is 0 Å². The summed E-state index contributed by atoms with van der Waals surface area (Å²) in [7, 11) is 0. The molecule has 0 amide bonds. The molecule has 4 rings (SSSR count). The van der Waals surface area contributed by atoms with E-state index in [1.807, 2.05) is 0 Å². The van der Waals surface area contributed by atoms with E-state index in [1.54, 1.807) is 19.4 Å². The van der Waals surface area contributed by atoms with Gasteiger partial charge in [-0.1, -0.05) is 44.3 Å². The van der Waals surface area contributed by atoms with Gasteiger partial charge in [0.2, 0.25) is 0 Å². The molecular weight excluding hydrogens is 373 g/mol. The Hall–Kier alpha value is -0.860. The van der Waals surface area contributed by atoms with Crippen LogP contribution in [0.5, 0.6) is 0 Å². The van der Waals surface area contributed by atoms with Gasteiger partial charge in [0.1, 0.15) is 5.67 Å². The van der Waals surface area contributed by atoms with Gasteiger partial charge >= 0.3 is 0 Å². The van der Waals surface area contributed by atoms with Gasteiger partial charge in [-0.3, -0.25) is 0 Å². The van der Waals surface area contributed by atoms with E-state index in [2.05, 4.69) is 32.0 Å². The van der Waals surface area contributed by atoms with Crippen LogP contribution in [0.4, 0.5) is 4.39 Å². The molecular formula is C27H44FNO. The Morgan fingerprint density at radius 2 is 1.90 bits per heavy atom. The third-order valence-electron chi connectivity index (χ3n) is 10.3. The fourth-order valence-corrected chi connectivity index (χ4v) is 8.67. The summed E-state index contributed by atoms with van der Waals surface area (Å²) in [4.78, 5) is 0. The lowest BCUT2D eigenvalue weighted by molar-refractivity contribution is -0.0574. The molecule has 0 bridgehead atoms. The monoisotopic (exact) mass is 417 g/mol. The van der Waals surface area contributed by atoms with Gasteiger partial charge in [-0.05, 0) is 118 Å². The summed E-state index contributed by atoms with van der Waals surface area (Å²) in [6.07, 6.45) is 15.2. The number of hydrogen-bond acceptors (Lipinski definition) is 2. The van der Waals surface area contributed by atoms with Gasteiger partial charge < -0.3 is 5.21 Å². The highest BCUT2D eigenvalue weighted by molar-refractivity contribution is 5.96. The number of hydrogen-bond donors (Lipinski definition) is 1. The summed E-state index contributed by atoms with van der Waals surface area (Å²) in [6, 6.07) is 0. The highest BCUT2D eigenvalue weighted by Gasteiger charge is 2.59. The molecule has 0 heterocycles. The minimum atomic E-state index is -1.02. The Labute approximate surface area is 183 Å². The SMILES string of the molecule is C[C@H](CCCC(C)(C)F)[C@H]1CC[C@H]2[C@@H]3CCC4=CC(=NO)CC[C@]4(C)[C@H]3CC[C@]12C. The van der Waals surface area contributed by atoms with E-state index < -0.39 is 5.67 Å². The first kappa shape index (κ1) is 22.3. The van der Waals surface area contributed by atoms with E-state index in [9.17, 15) is 9.60 Å². The van der Waals surface area contributed by atoms with Crippen molar-refractivity contribution in [1.82, 2.24) is 0 Å². The fourth-order valence-electron chi connectivity index (χ4n) is 8.67. The molecule has 3 fully saturated rings. The summed E-state index contributed by atoms with van der Waals surface area (Å²) >= 11 is 0. The molecule has 0 spiro atoms. The standard InChI is InChI=1S/C27H44FNO/c1-18(7-6-14-25(2,3)28)22-10-11-23-21-9-8-19-17-20(29-30)12-15-26(19,4)24(21)13-16-27(22,23)5/h17-18,21-24,30H,6-16H2,1-5H3/t18-,21+,22-,23+,24+,26+,27-/m1/s1. The van der Waals surface area contributed by atoms with Crippen molar-refractivity contribution in [1.29, 1.82) is 0 Å². The molecule has 3 heteroatoms. The minimum absolute atomic E-state index is 0.314. The first-order chi connectivity index (χ1) is 14.1. The number of halogens is 1. The van der Waals surface area contributed by atoms with Crippen molar-refractivity contribution < 1.29 is 9.60 Å². The van der Waals surface area contributed by atoms with Crippen molar-refractivity contribution in [3.63, 3.8) is 0 Å². The van der Waals surface area contributed by atoms with E-state index >= 15 is 0 Å². The summed E-state index contributed by atoms with van der Waals surface area (Å²) < 4.78 is 13.9. The van der Waals surface area contributed by atoms with Crippen molar-refractivity contribution in [2.45, 2.75) is 111 Å². The number of oxime groups is 1. The number of nitrogens with zero attached hydrogens (tertiary/aromatic N) is 1. The topological polar surface area (TPSA) is 32.6 Å². The zero-order valence-corrected chi connectivity index (χ0v) is 20.0. The van der Waals surface area contributed by atoms with E-state index in [4.69, 9.17) is 0 Å². The molecule has 1 N–H and O–H groups in total. The van der Waals surface area contributed by atoms with Gasteiger partial charge in [-0.15, -0.1) is 0 Å². The Kier molecular flexibility index (Phi) is 5.90. The molecule has 0 aromatic rings. The van der Waals surface area contributed by atoms with Crippen LogP contribution in [0.15, 0.2) is 16.8 Å². The Bertz CT molecular complexity index is 706. The number of fused-ring (bicyclic) bond motifs is 5. The lowest BCUT2D eigenvalue weighted by Crippen LogP contribution is -2.51. The van der Waals surface area contributed by atoms with E-state index in [0.29, 0.717) is 23.2 Å². The van der Waals surface area contributed by atoms with Crippen molar-refractivity contribution >= 4 is 5.71 Å². The van der Waals surface area contributed by atoms with Gasteiger partial charge in [-0.25, -0.2) is 4.39 Å². The summed E-state index contributed by atoms with van der Waals surface area (Å²) in [5.74, 6) is 4.06. The van der Waals surface area contributed by atoms with Gasteiger partial charge in [-0.2, -0.15) is 0 Å². The highest BCUT2D eigenvalue weighted by atomic mass is 19.1. The number of rotatable bonds is 5. The predicted octanol–water partition coefficient (Wildman–Crippen LogP) is 7.95. The van der Waals surface area contributed by atoms with E-state index in [0.717, 1.165) is 48.6 Å². The smallest absolute Gasteiger partial charge is 0.105 e. The zero-order chi connectivity index (χ0) is 21.7. The first-order valence-electron chi connectivity index (χ1n) is 12.7. The molecule has 0 aliphatic heterocycles. The maximum atomic E-state index is 13.9. The molecule has 7 atom stereocenters. The third kappa shape index (κ3) is 3.77. The van der Waals surface area contributed by atoms with Gasteiger partial charge in [0, 0.05) is 0 Å². The highest BCUT2D eigenvalue weighted by Crippen LogP contribution is 2.67. The summed E-state index contributed by atoms with van der Waals surface area (Å²) in [5.41, 5.74) is 2.21. The lowest BCUT2D eigenvalue weighted by Gasteiger charge is -2.58. The molecule has 0 aromatic carbocycles. The normalized spacial score (nSPS) is 43.5. The fraction of sp³-hybridized carbons (Fsp3) is 0.889. The summed E-state index contributed by atoms with van der Waals surface area (Å²) in [5, 5.41) is 12.8. The van der Waals surface area contributed by atoms with Gasteiger partial charge in [0.25, 0.3) is 0 Å². The average molecular weight is 418 g/mol. The van der Waals surface area contributed by atoms with E-state index in [-0.39, 0.29) is 0 Å². The molecule has 3 saturated carbocycles. The molecule has 0 saturated heterocycles.